The van der Waals surface area contributed by atoms with Gasteiger partial charge in [0.05, 0.1) is 12.0 Å². The fourth-order valence-electron chi connectivity index (χ4n) is 1.91. The monoisotopic (exact) mass is 275 g/mol. The van der Waals surface area contributed by atoms with Gasteiger partial charge in [-0.1, -0.05) is 23.8 Å². The van der Waals surface area contributed by atoms with Crippen molar-refractivity contribution in [2.24, 2.45) is 0 Å². The van der Waals surface area contributed by atoms with Crippen LogP contribution in [0.3, 0.4) is 0 Å². The molecule has 3 nitrogen and oxygen atoms in total. The van der Waals surface area contributed by atoms with Gasteiger partial charge in [0.25, 0.3) is 5.91 Å². The van der Waals surface area contributed by atoms with Crippen molar-refractivity contribution in [3.63, 3.8) is 0 Å². The third-order valence-electron chi connectivity index (χ3n) is 2.86. The van der Waals surface area contributed by atoms with Crippen molar-refractivity contribution in [2.75, 3.05) is 13.7 Å². The molecule has 0 aliphatic carbocycles. The minimum atomic E-state index is -0.0124. The summed E-state index contributed by atoms with van der Waals surface area (Å²) in [5, 5.41) is 4.82. The van der Waals surface area contributed by atoms with E-state index in [0.717, 1.165) is 22.6 Å². The SMILES string of the molecule is COc1ccc(C)cc1CCNC(=O)c1cccs1. The molecule has 0 saturated heterocycles. The summed E-state index contributed by atoms with van der Waals surface area (Å²) in [4.78, 5) is 12.5. The molecule has 1 aromatic heterocycles. The minimum absolute atomic E-state index is 0.0124. The maximum atomic E-state index is 11.8. The second-order valence-electron chi connectivity index (χ2n) is 4.30. The maximum Gasteiger partial charge on any atom is 0.261 e. The van der Waals surface area contributed by atoms with Crippen LogP contribution >= 0.6 is 11.3 Å². The van der Waals surface area contributed by atoms with Gasteiger partial charge in [0.2, 0.25) is 0 Å². The van der Waals surface area contributed by atoms with E-state index in [4.69, 9.17) is 4.74 Å². The molecule has 1 amide bonds. The van der Waals surface area contributed by atoms with E-state index in [-0.39, 0.29) is 5.91 Å². The predicted molar refractivity (Wildman–Crippen MR) is 78.1 cm³/mol. The first-order chi connectivity index (χ1) is 9.20. The molecular formula is C15H17NO2S. The van der Waals surface area contributed by atoms with Crippen LogP contribution in [-0.2, 0) is 6.42 Å². The second-order valence-corrected chi connectivity index (χ2v) is 5.25. The van der Waals surface area contributed by atoms with Crippen molar-refractivity contribution in [3.8, 4) is 5.75 Å². The predicted octanol–water partition coefficient (Wildman–Crippen LogP) is 3.04. The summed E-state index contributed by atoms with van der Waals surface area (Å²) >= 11 is 1.45. The zero-order valence-corrected chi connectivity index (χ0v) is 11.9. The lowest BCUT2D eigenvalue weighted by atomic mass is 10.1. The molecule has 2 aromatic rings. The normalized spacial score (nSPS) is 10.2. The highest BCUT2D eigenvalue weighted by Gasteiger charge is 2.07. The van der Waals surface area contributed by atoms with E-state index in [1.54, 1.807) is 7.11 Å². The van der Waals surface area contributed by atoms with Crippen molar-refractivity contribution in [2.45, 2.75) is 13.3 Å². The van der Waals surface area contributed by atoms with Gasteiger partial charge in [-0.15, -0.1) is 11.3 Å². The van der Waals surface area contributed by atoms with Crippen LogP contribution in [0, 0.1) is 6.92 Å². The number of ether oxygens (including phenoxy) is 1. The van der Waals surface area contributed by atoms with Gasteiger partial charge in [-0.25, -0.2) is 0 Å². The van der Waals surface area contributed by atoms with Crippen LogP contribution in [0.2, 0.25) is 0 Å². The van der Waals surface area contributed by atoms with Crippen molar-refractivity contribution in [1.82, 2.24) is 5.32 Å². The van der Waals surface area contributed by atoms with Crippen LogP contribution in [0.4, 0.5) is 0 Å². The lowest BCUT2D eigenvalue weighted by Crippen LogP contribution is -2.24. The summed E-state index contributed by atoms with van der Waals surface area (Å²) in [6.07, 6.45) is 0.766. The molecule has 0 radical (unpaired) electrons. The fourth-order valence-corrected chi connectivity index (χ4v) is 2.55. The second kappa shape index (κ2) is 6.38. The van der Waals surface area contributed by atoms with Crippen LogP contribution in [0.5, 0.6) is 5.75 Å². The molecule has 0 unspecified atom stereocenters. The maximum absolute atomic E-state index is 11.8. The van der Waals surface area contributed by atoms with Crippen LogP contribution in [0.1, 0.15) is 20.8 Å². The van der Waals surface area contributed by atoms with E-state index in [1.807, 2.05) is 36.6 Å². The summed E-state index contributed by atoms with van der Waals surface area (Å²) in [7, 11) is 1.67. The number of methoxy groups -OCH3 is 1. The van der Waals surface area contributed by atoms with E-state index < -0.39 is 0 Å². The third kappa shape index (κ3) is 3.58. The van der Waals surface area contributed by atoms with E-state index in [1.165, 1.54) is 16.9 Å². The van der Waals surface area contributed by atoms with Gasteiger partial charge in [-0.2, -0.15) is 0 Å². The molecule has 2 rings (SSSR count). The number of hydrogen-bond acceptors (Lipinski definition) is 3. The number of carbonyl (C=O) groups is 1. The number of hydrogen-bond donors (Lipinski definition) is 1. The van der Waals surface area contributed by atoms with Gasteiger partial charge in [0.15, 0.2) is 0 Å². The zero-order valence-electron chi connectivity index (χ0n) is 11.1. The summed E-state index contributed by atoms with van der Waals surface area (Å²) in [5.74, 6) is 0.859. The number of benzene rings is 1. The van der Waals surface area contributed by atoms with Gasteiger partial charge >= 0.3 is 0 Å². The standard InChI is InChI=1S/C15H17NO2S/c1-11-5-6-13(18-2)12(10-11)7-8-16-15(17)14-4-3-9-19-14/h3-6,9-10H,7-8H2,1-2H3,(H,16,17). The summed E-state index contributed by atoms with van der Waals surface area (Å²) in [6.45, 7) is 2.66. The highest BCUT2D eigenvalue weighted by Crippen LogP contribution is 2.19. The first-order valence-electron chi connectivity index (χ1n) is 6.16. The largest absolute Gasteiger partial charge is 0.496 e. The molecule has 0 spiro atoms. The molecule has 4 heteroatoms. The minimum Gasteiger partial charge on any atom is -0.496 e. The Kier molecular flexibility index (Phi) is 4.58. The average Bonchev–Trinajstić information content (AvgIpc) is 2.93. The molecule has 0 aliphatic rings. The fraction of sp³-hybridized carbons (Fsp3) is 0.267. The smallest absolute Gasteiger partial charge is 0.261 e. The van der Waals surface area contributed by atoms with E-state index in [2.05, 4.69) is 11.4 Å². The molecule has 100 valence electrons. The number of nitrogens with one attached hydrogen (secondary N) is 1. The Morgan fingerprint density at radius 1 is 1.37 bits per heavy atom. The molecule has 0 fully saturated rings. The summed E-state index contributed by atoms with van der Waals surface area (Å²) < 4.78 is 5.32. The molecule has 1 heterocycles. The Labute approximate surface area is 117 Å². The Morgan fingerprint density at radius 2 is 2.21 bits per heavy atom. The van der Waals surface area contributed by atoms with Gasteiger partial charge in [0, 0.05) is 6.54 Å². The number of rotatable bonds is 5. The molecular weight excluding hydrogens is 258 g/mol. The quantitative estimate of drug-likeness (QED) is 0.911. The Bertz CT molecular complexity index is 549. The number of thiophene rings is 1. The van der Waals surface area contributed by atoms with Gasteiger partial charge in [0.1, 0.15) is 5.75 Å². The summed E-state index contributed by atoms with van der Waals surface area (Å²) in [6, 6.07) is 9.78. The third-order valence-corrected chi connectivity index (χ3v) is 3.73. The van der Waals surface area contributed by atoms with Crippen molar-refractivity contribution in [1.29, 1.82) is 0 Å². The van der Waals surface area contributed by atoms with E-state index in [9.17, 15) is 4.79 Å². The highest BCUT2D eigenvalue weighted by molar-refractivity contribution is 7.12. The number of amides is 1. The van der Waals surface area contributed by atoms with Crippen LogP contribution in [0.15, 0.2) is 35.7 Å². The molecule has 0 aliphatic heterocycles. The lowest BCUT2D eigenvalue weighted by Gasteiger charge is -2.10. The van der Waals surface area contributed by atoms with Gasteiger partial charge < -0.3 is 10.1 Å². The van der Waals surface area contributed by atoms with Crippen LogP contribution in [0.25, 0.3) is 0 Å². The first kappa shape index (κ1) is 13.6. The Morgan fingerprint density at radius 3 is 2.89 bits per heavy atom. The van der Waals surface area contributed by atoms with Crippen molar-refractivity contribution in [3.05, 3.63) is 51.7 Å². The highest BCUT2D eigenvalue weighted by atomic mass is 32.1. The van der Waals surface area contributed by atoms with E-state index >= 15 is 0 Å². The lowest BCUT2D eigenvalue weighted by molar-refractivity contribution is 0.0958. The molecule has 0 bridgehead atoms. The summed E-state index contributed by atoms with van der Waals surface area (Å²) in [5.41, 5.74) is 2.31. The first-order valence-corrected chi connectivity index (χ1v) is 7.04. The van der Waals surface area contributed by atoms with Crippen molar-refractivity contribution >= 4 is 17.2 Å². The van der Waals surface area contributed by atoms with Crippen molar-refractivity contribution < 1.29 is 9.53 Å². The van der Waals surface area contributed by atoms with Gasteiger partial charge in [-0.05, 0) is 36.4 Å². The topological polar surface area (TPSA) is 38.3 Å². The number of carbonyl (C=O) groups excluding carboxylic acids is 1. The Hall–Kier alpha value is -1.81. The van der Waals surface area contributed by atoms with Crippen LogP contribution in [-0.4, -0.2) is 19.6 Å². The average molecular weight is 275 g/mol. The van der Waals surface area contributed by atoms with E-state index in [0.29, 0.717) is 6.54 Å². The molecule has 0 atom stereocenters. The Balaban J connectivity index is 1.92. The van der Waals surface area contributed by atoms with Crippen LogP contribution < -0.4 is 10.1 Å². The molecule has 19 heavy (non-hydrogen) atoms. The molecule has 0 saturated carbocycles. The molecule has 1 N–H and O–H groups in total. The number of aryl methyl sites for hydroxylation is 1. The molecule has 1 aromatic carbocycles. The van der Waals surface area contributed by atoms with Gasteiger partial charge in [-0.3, -0.25) is 4.79 Å². The zero-order chi connectivity index (χ0) is 13.7.